The van der Waals surface area contributed by atoms with Gasteiger partial charge >= 0.3 is 0 Å². The molecule has 0 bridgehead atoms. The molecule has 1 aliphatic heterocycles. The number of aliphatic hydroxyl groups is 5. The number of rotatable bonds is 47. The van der Waals surface area contributed by atoms with Gasteiger partial charge in [-0.3, -0.25) is 4.79 Å². The van der Waals surface area contributed by atoms with Crippen LogP contribution in [0, 0.1) is 0 Å². The maximum atomic E-state index is 13.0. The number of carbonyl (C=O) groups excluding carboxylic acids is 1. The number of hydrogen-bond donors (Lipinski definition) is 6. The summed E-state index contributed by atoms with van der Waals surface area (Å²) in [6.45, 7) is 3.79. The first-order valence-corrected chi connectivity index (χ1v) is 27.6. The standard InChI is InChI=1S/C55H105NO8/c1-3-5-7-9-11-13-15-17-19-21-22-23-24-25-26-27-29-30-32-34-36-38-40-42-44-49(58)48(47-63-55-54(62)53(61)52(60)50(46-57)64-55)56-51(59)45-43-41-39-37-35-33-31-28-20-18-16-14-12-10-8-6-4-2/h34,36,42,44,48-50,52-55,57-58,60-62H,3-33,35,37-41,43,45-47H2,1-2H3,(H,56,59)/b36-34+,44-42+. The van der Waals surface area contributed by atoms with E-state index in [0.717, 1.165) is 38.5 Å². The van der Waals surface area contributed by atoms with Crippen LogP contribution < -0.4 is 5.32 Å². The Kier molecular flexibility index (Phi) is 43.1. The lowest BCUT2D eigenvalue weighted by molar-refractivity contribution is -0.302. The van der Waals surface area contributed by atoms with Gasteiger partial charge in [0.15, 0.2) is 6.29 Å². The first-order chi connectivity index (χ1) is 31.3. The summed E-state index contributed by atoms with van der Waals surface area (Å²) in [4.78, 5) is 13.0. The number of carbonyl (C=O) groups is 1. The highest BCUT2D eigenvalue weighted by atomic mass is 16.7. The summed E-state index contributed by atoms with van der Waals surface area (Å²) in [6, 6.07) is -0.818. The number of unbranched alkanes of at least 4 members (excludes halogenated alkanes) is 35. The number of hydrogen-bond acceptors (Lipinski definition) is 8. The van der Waals surface area contributed by atoms with Gasteiger partial charge in [0.1, 0.15) is 24.4 Å². The fraction of sp³-hybridized carbons (Fsp3) is 0.909. The van der Waals surface area contributed by atoms with E-state index >= 15 is 0 Å². The van der Waals surface area contributed by atoms with Crippen molar-refractivity contribution in [3.63, 3.8) is 0 Å². The molecule has 7 unspecified atom stereocenters. The SMILES string of the molecule is CCCCCCCCCCCCCCCCCCCC/C=C/CC/C=C/C(O)C(COC1OC(CO)C(O)C(O)C1O)NC(=O)CCCCCCCCCCCCCCCCCCC. The molecule has 378 valence electrons. The average molecular weight is 908 g/mol. The first kappa shape index (κ1) is 60.7. The fourth-order valence-electron chi connectivity index (χ4n) is 8.88. The highest BCUT2D eigenvalue weighted by Gasteiger charge is 2.44. The van der Waals surface area contributed by atoms with Crippen LogP contribution in [0.1, 0.15) is 264 Å². The van der Waals surface area contributed by atoms with Crippen LogP contribution in [0.3, 0.4) is 0 Å². The normalized spacial score (nSPS) is 20.1. The molecule has 6 N–H and O–H groups in total. The predicted molar refractivity (Wildman–Crippen MR) is 267 cm³/mol. The van der Waals surface area contributed by atoms with Crippen molar-refractivity contribution in [3.8, 4) is 0 Å². The van der Waals surface area contributed by atoms with Gasteiger partial charge in [0.25, 0.3) is 0 Å². The van der Waals surface area contributed by atoms with Gasteiger partial charge in [-0.15, -0.1) is 0 Å². The van der Waals surface area contributed by atoms with Gasteiger partial charge in [0, 0.05) is 6.42 Å². The van der Waals surface area contributed by atoms with Gasteiger partial charge in [0.2, 0.25) is 5.91 Å². The van der Waals surface area contributed by atoms with Crippen molar-refractivity contribution in [1.82, 2.24) is 5.32 Å². The van der Waals surface area contributed by atoms with Crippen LogP contribution in [-0.2, 0) is 14.3 Å². The van der Waals surface area contributed by atoms with E-state index in [-0.39, 0.29) is 12.5 Å². The summed E-state index contributed by atoms with van der Waals surface area (Å²) in [6.07, 6.45) is 49.5. The Hall–Kier alpha value is -1.33. The van der Waals surface area contributed by atoms with Crippen molar-refractivity contribution < 1.29 is 39.8 Å². The van der Waals surface area contributed by atoms with Crippen molar-refractivity contribution in [2.24, 2.45) is 0 Å². The zero-order chi connectivity index (χ0) is 46.6. The van der Waals surface area contributed by atoms with E-state index in [1.165, 1.54) is 205 Å². The fourth-order valence-corrected chi connectivity index (χ4v) is 8.88. The third kappa shape index (κ3) is 34.9. The molecule has 0 aromatic heterocycles. The van der Waals surface area contributed by atoms with E-state index in [1.807, 2.05) is 6.08 Å². The molecule has 0 aromatic rings. The second-order valence-corrected chi connectivity index (χ2v) is 19.4. The summed E-state index contributed by atoms with van der Waals surface area (Å²) >= 11 is 0. The van der Waals surface area contributed by atoms with Crippen LogP contribution in [0.5, 0.6) is 0 Å². The van der Waals surface area contributed by atoms with Gasteiger partial charge in [-0.25, -0.2) is 0 Å². The molecular formula is C55H105NO8. The third-order valence-corrected chi connectivity index (χ3v) is 13.3. The molecule has 9 heteroatoms. The topological polar surface area (TPSA) is 149 Å². The monoisotopic (exact) mass is 908 g/mol. The number of amides is 1. The Labute approximate surface area is 394 Å². The average Bonchev–Trinajstić information content (AvgIpc) is 3.29. The Bertz CT molecular complexity index is 1060. The van der Waals surface area contributed by atoms with Crippen LogP contribution in [-0.4, -0.2) is 87.5 Å². The van der Waals surface area contributed by atoms with Gasteiger partial charge in [-0.1, -0.05) is 250 Å². The summed E-state index contributed by atoms with van der Waals surface area (Å²) in [5.74, 6) is -0.182. The molecule has 1 amide bonds. The molecule has 64 heavy (non-hydrogen) atoms. The molecule has 0 aromatic carbocycles. The van der Waals surface area contributed by atoms with Crippen molar-refractivity contribution in [2.45, 2.75) is 307 Å². The highest BCUT2D eigenvalue weighted by molar-refractivity contribution is 5.76. The molecule has 0 radical (unpaired) electrons. The van der Waals surface area contributed by atoms with Crippen LogP contribution in [0.2, 0.25) is 0 Å². The van der Waals surface area contributed by atoms with Gasteiger partial charge in [0.05, 0.1) is 25.4 Å². The molecule has 0 aliphatic carbocycles. The second-order valence-electron chi connectivity index (χ2n) is 19.4. The summed E-state index contributed by atoms with van der Waals surface area (Å²) in [7, 11) is 0. The molecule has 7 atom stereocenters. The van der Waals surface area contributed by atoms with Gasteiger partial charge in [-0.05, 0) is 32.1 Å². The van der Waals surface area contributed by atoms with Crippen LogP contribution in [0.25, 0.3) is 0 Å². The molecule has 1 saturated heterocycles. The number of aliphatic hydroxyl groups excluding tert-OH is 5. The van der Waals surface area contributed by atoms with E-state index < -0.39 is 49.5 Å². The zero-order valence-electron chi connectivity index (χ0n) is 41.8. The molecule has 0 saturated carbocycles. The van der Waals surface area contributed by atoms with Gasteiger partial charge < -0.3 is 40.3 Å². The quantitative estimate of drug-likeness (QED) is 0.0261. The Morgan fingerprint density at radius 2 is 0.891 bits per heavy atom. The lowest BCUT2D eigenvalue weighted by atomic mass is 9.99. The Morgan fingerprint density at radius 3 is 1.31 bits per heavy atom. The van der Waals surface area contributed by atoms with E-state index in [9.17, 15) is 30.3 Å². The van der Waals surface area contributed by atoms with Crippen LogP contribution in [0.15, 0.2) is 24.3 Å². The predicted octanol–water partition coefficient (Wildman–Crippen LogP) is 13.0. The van der Waals surface area contributed by atoms with E-state index in [2.05, 4.69) is 31.3 Å². The smallest absolute Gasteiger partial charge is 0.220 e. The minimum atomic E-state index is -1.57. The summed E-state index contributed by atoms with van der Waals surface area (Å²) in [5, 5.41) is 54.4. The highest BCUT2D eigenvalue weighted by Crippen LogP contribution is 2.23. The van der Waals surface area contributed by atoms with E-state index in [1.54, 1.807) is 6.08 Å². The molecule has 9 nitrogen and oxygen atoms in total. The maximum Gasteiger partial charge on any atom is 0.220 e. The second kappa shape index (κ2) is 45.5. The number of allylic oxidation sites excluding steroid dienone is 3. The number of nitrogens with one attached hydrogen (secondary N) is 1. The minimum absolute atomic E-state index is 0.182. The summed E-state index contributed by atoms with van der Waals surface area (Å²) < 4.78 is 11.2. The molecule has 1 rings (SSSR count). The van der Waals surface area contributed by atoms with Crippen molar-refractivity contribution in [2.75, 3.05) is 13.2 Å². The Morgan fingerprint density at radius 1 is 0.516 bits per heavy atom. The molecule has 1 heterocycles. The molecule has 1 aliphatic rings. The molecule has 0 spiro atoms. The van der Waals surface area contributed by atoms with Gasteiger partial charge in [-0.2, -0.15) is 0 Å². The van der Waals surface area contributed by atoms with Crippen molar-refractivity contribution >= 4 is 5.91 Å². The van der Waals surface area contributed by atoms with E-state index in [4.69, 9.17) is 9.47 Å². The lowest BCUT2D eigenvalue weighted by Gasteiger charge is -2.40. The maximum absolute atomic E-state index is 13.0. The molecular weight excluding hydrogens is 803 g/mol. The zero-order valence-corrected chi connectivity index (χ0v) is 41.8. The lowest BCUT2D eigenvalue weighted by Crippen LogP contribution is -2.60. The molecule has 1 fully saturated rings. The summed E-state index contributed by atoms with van der Waals surface area (Å²) in [5.41, 5.74) is 0. The van der Waals surface area contributed by atoms with Crippen molar-refractivity contribution in [1.29, 1.82) is 0 Å². The number of ether oxygens (including phenoxy) is 2. The van der Waals surface area contributed by atoms with Crippen molar-refractivity contribution in [3.05, 3.63) is 24.3 Å². The minimum Gasteiger partial charge on any atom is -0.394 e. The van der Waals surface area contributed by atoms with Crippen LogP contribution >= 0.6 is 0 Å². The third-order valence-electron chi connectivity index (χ3n) is 13.3. The van der Waals surface area contributed by atoms with Crippen LogP contribution in [0.4, 0.5) is 0 Å². The Balaban J connectivity index is 2.27. The largest absolute Gasteiger partial charge is 0.394 e. The first-order valence-electron chi connectivity index (χ1n) is 27.6. The van der Waals surface area contributed by atoms with E-state index in [0.29, 0.717) is 6.42 Å².